The highest BCUT2D eigenvalue weighted by atomic mass is 15.2. The van der Waals surface area contributed by atoms with Crippen LogP contribution in [0.4, 0.5) is 17.2 Å². The molecule has 1 aromatic heterocycles. The number of nitrogens with two attached hydrogens (primary N) is 2. The molecule has 0 amide bonds. The SMILES string of the molecule is CNc1cnc(N(C)CCN(C)CCCN)c(N)c1. The second-order valence-electron chi connectivity index (χ2n) is 4.75. The zero-order valence-corrected chi connectivity index (χ0v) is 12.2. The van der Waals surface area contributed by atoms with Crippen molar-refractivity contribution in [3.05, 3.63) is 12.3 Å². The van der Waals surface area contributed by atoms with Gasteiger partial charge in [-0.1, -0.05) is 0 Å². The van der Waals surface area contributed by atoms with Gasteiger partial charge in [0.05, 0.1) is 17.6 Å². The zero-order valence-electron chi connectivity index (χ0n) is 12.2. The molecule has 6 nitrogen and oxygen atoms in total. The minimum atomic E-state index is 0.693. The zero-order chi connectivity index (χ0) is 14.3. The van der Waals surface area contributed by atoms with Crippen LogP contribution in [0.15, 0.2) is 12.3 Å². The third kappa shape index (κ3) is 4.92. The number of nitrogens with zero attached hydrogens (tertiary/aromatic N) is 3. The summed E-state index contributed by atoms with van der Waals surface area (Å²) < 4.78 is 0. The van der Waals surface area contributed by atoms with Gasteiger partial charge in [0.15, 0.2) is 5.82 Å². The van der Waals surface area contributed by atoms with Crippen LogP contribution in [0.5, 0.6) is 0 Å². The van der Waals surface area contributed by atoms with Crippen molar-refractivity contribution in [2.24, 2.45) is 5.73 Å². The highest BCUT2D eigenvalue weighted by molar-refractivity contribution is 5.67. The van der Waals surface area contributed by atoms with Crippen molar-refractivity contribution in [1.82, 2.24) is 9.88 Å². The van der Waals surface area contributed by atoms with Gasteiger partial charge in [-0.05, 0) is 32.6 Å². The second kappa shape index (κ2) is 7.81. The fraction of sp³-hybridized carbons (Fsp3) is 0.615. The van der Waals surface area contributed by atoms with Crippen molar-refractivity contribution in [2.45, 2.75) is 6.42 Å². The number of pyridine rings is 1. The maximum atomic E-state index is 6.01. The summed E-state index contributed by atoms with van der Waals surface area (Å²) in [6.45, 7) is 3.61. The standard InChI is InChI=1S/C13H26N6/c1-16-11-9-12(15)13(17-10-11)19(3)8-7-18(2)6-4-5-14/h9-10,16H,4-8,14-15H2,1-3H3. The van der Waals surface area contributed by atoms with Gasteiger partial charge < -0.3 is 26.6 Å². The number of rotatable bonds is 8. The van der Waals surface area contributed by atoms with E-state index in [0.29, 0.717) is 5.69 Å². The van der Waals surface area contributed by atoms with Crippen molar-refractivity contribution >= 4 is 17.2 Å². The molecule has 19 heavy (non-hydrogen) atoms. The van der Waals surface area contributed by atoms with Crippen LogP contribution in [-0.2, 0) is 0 Å². The Labute approximate surface area is 115 Å². The number of nitrogen functional groups attached to an aromatic ring is 1. The molecule has 108 valence electrons. The fourth-order valence-electron chi connectivity index (χ4n) is 1.83. The normalized spacial score (nSPS) is 10.8. The van der Waals surface area contributed by atoms with Gasteiger partial charge in [-0.2, -0.15) is 0 Å². The van der Waals surface area contributed by atoms with E-state index in [-0.39, 0.29) is 0 Å². The molecule has 0 bridgehead atoms. The molecule has 1 rings (SSSR count). The summed E-state index contributed by atoms with van der Waals surface area (Å²) in [7, 11) is 5.96. The molecule has 0 saturated heterocycles. The summed E-state index contributed by atoms with van der Waals surface area (Å²) in [4.78, 5) is 8.73. The molecule has 0 saturated carbocycles. The topological polar surface area (TPSA) is 83.4 Å². The van der Waals surface area contributed by atoms with Crippen LogP contribution in [0.3, 0.4) is 0 Å². The lowest BCUT2D eigenvalue weighted by atomic mass is 10.3. The van der Waals surface area contributed by atoms with Gasteiger partial charge in [0.25, 0.3) is 0 Å². The molecule has 0 aliphatic heterocycles. The van der Waals surface area contributed by atoms with E-state index >= 15 is 0 Å². The van der Waals surface area contributed by atoms with Crippen LogP contribution in [0.1, 0.15) is 6.42 Å². The Morgan fingerprint density at radius 3 is 2.58 bits per heavy atom. The first-order chi connectivity index (χ1) is 9.08. The molecule has 0 aliphatic rings. The lowest BCUT2D eigenvalue weighted by Crippen LogP contribution is -2.32. The third-order valence-electron chi connectivity index (χ3n) is 3.11. The highest BCUT2D eigenvalue weighted by Gasteiger charge is 2.08. The molecular formula is C13H26N6. The lowest BCUT2D eigenvalue weighted by Gasteiger charge is -2.24. The first-order valence-electron chi connectivity index (χ1n) is 6.61. The summed E-state index contributed by atoms with van der Waals surface area (Å²) in [6, 6.07) is 1.90. The van der Waals surface area contributed by atoms with Gasteiger partial charge in [0, 0.05) is 27.2 Å². The van der Waals surface area contributed by atoms with Crippen LogP contribution in [0.25, 0.3) is 0 Å². The maximum absolute atomic E-state index is 6.01. The number of nitrogens with one attached hydrogen (secondary N) is 1. The van der Waals surface area contributed by atoms with Gasteiger partial charge in [-0.25, -0.2) is 4.98 Å². The molecule has 0 aliphatic carbocycles. The summed E-state index contributed by atoms with van der Waals surface area (Å²) in [5, 5.41) is 3.03. The number of anilines is 3. The number of hydrogen-bond donors (Lipinski definition) is 3. The lowest BCUT2D eigenvalue weighted by molar-refractivity contribution is 0.338. The van der Waals surface area contributed by atoms with E-state index in [4.69, 9.17) is 11.5 Å². The van der Waals surface area contributed by atoms with Crippen molar-refractivity contribution in [3.8, 4) is 0 Å². The molecule has 0 atom stereocenters. The van der Waals surface area contributed by atoms with Crippen molar-refractivity contribution < 1.29 is 0 Å². The van der Waals surface area contributed by atoms with Crippen molar-refractivity contribution in [3.63, 3.8) is 0 Å². The van der Waals surface area contributed by atoms with E-state index in [9.17, 15) is 0 Å². The fourth-order valence-corrected chi connectivity index (χ4v) is 1.83. The highest BCUT2D eigenvalue weighted by Crippen LogP contribution is 2.21. The predicted octanol–water partition coefficient (Wildman–Crippen LogP) is 0.422. The van der Waals surface area contributed by atoms with E-state index in [1.54, 1.807) is 6.20 Å². The number of hydrogen-bond acceptors (Lipinski definition) is 6. The summed E-state index contributed by atoms with van der Waals surface area (Å²) in [6.07, 6.45) is 2.82. The summed E-state index contributed by atoms with van der Waals surface area (Å²) in [5.41, 5.74) is 13.1. The van der Waals surface area contributed by atoms with Crippen molar-refractivity contribution in [2.75, 3.05) is 63.3 Å². The van der Waals surface area contributed by atoms with Crippen LogP contribution in [0.2, 0.25) is 0 Å². The Kier molecular flexibility index (Phi) is 6.38. The Balaban J connectivity index is 2.51. The third-order valence-corrected chi connectivity index (χ3v) is 3.11. The molecule has 0 aromatic carbocycles. The molecule has 0 fully saturated rings. The van der Waals surface area contributed by atoms with Gasteiger partial charge in [0.1, 0.15) is 0 Å². The summed E-state index contributed by atoms with van der Waals surface area (Å²) in [5.74, 6) is 0.825. The quantitative estimate of drug-likeness (QED) is 0.632. The van der Waals surface area contributed by atoms with Crippen LogP contribution in [0, 0.1) is 0 Å². The van der Waals surface area contributed by atoms with Crippen LogP contribution >= 0.6 is 0 Å². The predicted molar refractivity (Wildman–Crippen MR) is 82.6 cm³/mol. The first kappa shape index (κ1) is 15.5. The van der Waals surface area contributed by atoms with E-state index in [0.717, 1.165) is 44.1 Å². The molecule has 0 radical (unpaired) electrons. The largest absolute Gasteiger partial charge is 0.396 e. The van der Waals surface area contributed by atoms with Crippen molar-refractivity contribution in [1.29, 1.82) is 0 Å². The molecule has 5 N–H and O–H groups in total. The second-order valence-corrected chi connectivity index (χ2v) is 4.75. The van der Waals surface area contributed by atoms with Gasteiger partial charge in [0.2, 0.25) is 0 Å². The Morgan fingerprint density at radius 2 is 2.00 bits per heavy atom. The minimum absolute atomic E-state index is 0.693. The first-order valence-corrected chi connectivity index (χ1v) is 6.61. The molecule has 0 unspecified atom stereocenters. The van der Waals surface area contributed by atoms with E-state index in [2.05, 4.69) is 27.1 Å². The minimum Gasteiger partial charge on any atom is -0.396 e. The van der Waals surface area contributed by atoms with Gasteiger partial charge in [-0.3, -0.25) is 0 Å². The Morgan fingerprint density at radius 1 is 1.26 bits per heavy atom. The number of likely N-dealkylation sites (N-methyl/N-ethyl adjacent to an activating group) is 2. The average Bonchev–Trinajstić information content (AvgIpc) is 2.42. The molecule has 1 heterocycles. The van der Waals surface area contributed by atoms with E-state index < -0.39 is 0 Å². The molecule has 0 spiro atoms. The van der Waals surface area contributed by atoms with Gasteiger partial charge >= 0.3 is 0 Å². The van der Waals surface area contributed by atoms with Gasteiger partial charge in [-0.15, -0.1) is 0 Å². The van der Waals surface area contributed by atoms with Crippen LogP contribution < -0.4 is 21.7 Å². The molecule has 6 heteroatoms. The average molecular weight is 266 g/mol. The number of aromatic nitrogens is 1. The molecular weight excluding hydrogens is 240 g/mol. The monoisotopic (exact) mass is 266 g/mol. The molecule has 1 aromatic rings. The van der Waals surface area contributed by atoms with E-state index in [1.165, 1.54) is 0 Å². The smallest absolute Gasteiger partial charge is 0.151 e. The van der Waals surface area contributed by atoms with Crippen LogP contribution in [-0.4, -0.2) is 57.2 Å². The Bertz CT molecular complexity index is 381. The summed E-state index contributed by atoms with van der Waals surface area (Å²) >= 11 is 0. The van der Waals surface area contributed by atoms with E-state index in [1.807, 2.05) is 20.2 Å². The Hall–Kier alpha value is -1.53. The maximum Gasteiger partial charge on any atom is 0.151 e.